The van der Waals surface area contributed by atoms with Gasteiger partial charge in [0.25, 0.3) is 0 Å². The van der Waals surface area contributed by atoms with Crippen LogP contribution in [0.3, 0.4) is 0 Å². The first-order valence-electron chi connectivity index (χ1n) is 8.26. The highest BCUT2D eigenvalue weighted by atomic mass is 35.5. The molecule has 1 aromatic carbocycles. The average Bonchev–Trinajstić information content (AvgIpc) is 3.30. The van der Waals surface area contributed by atoms with Gasteiger partial charge in [-0.05, 0) is 55.2 Å². The van der Waals surface area contributed by atoms with E-state index < -0.39 is 0 Å². The standard InChI is InChI=1S/C18H27ClFN/c1-3-5-10-18(4-2,13-21-15-7-8-15)12-14-6-9-17(20)16(19)11-14/h6,9,11,15,21H,3-5,7-8,10,12-13H2,1-2H3. The summed E-state index contributed by atoms with van der Waals surface area (Å²) in [4.78, 5) is 0. The third kappa shape index (κ3) is 4.96. The molecule has 1 saturated carbocycles. The number of rotatable bonds is 9. The molecule has 0 spiro atoms. The van der Waals surface area contributed by atoms with Crippen LogP contribution >= 0.6 is 11.6 Å². The van der Waals surface area contributed by atoms with Crippen molar-refractivity contribution in [1.82, 2.24) is 5.32 Å². The van der Waals surface area contributed by atoms with Gasteiger partial charge in [-0.1, -0.05) is 44.4 Å². The lowest BCUT2D eigenvalue weighted by molar-refractivity contribution is 0.228. The lowest BCUT2D eigenvalue weighted by Gasteiger charge is -2.34. The van der Waals surface area contributed by atoms with E-state index in [1.54, 1.807) is 6.07 Å². The first-order chi connectivity index (χ1) is 10.1. The minimum absolute atomic E-state index is 0.239. The van der Waals surface area contributed by atoms with Gasteiger partial charge in [-0.25, -0.2) is 4.39 Å². The lowest BCUT2D eigenvalue weighted by Crippen LogP contribution is -2.37. The number of nitrogens with one attached hydrogen (secondary N) is 1. The van der Waals surface area contributed by atoms with Gasteiger partial charge in [-0.2, -0.15) is 0 Å². The average molecular weight is 312 g/mol. The number of benzene rings is 1. The third-order valence-corrected chi connectivity index (χ3v) is 5.01. The van der Waals surface area contributed by atoms with Crippen molar-refractivity contribution in [3.63, 3.8) is 0 Å². The fourth-order valence-electron chi connectivity index (χ4n) is 2.95. The number of hydrogen-bond acceptors (Lipinski definition) is 1. The van der Waals surface area contributed by atoms with Gasteiger partial charge in [0.05, 0.1) is 5.02 Å². The van der Waals surface area contributed by atoms with Crippen molar-refractivity contribution in [2.75, 3.05) is 6.54 Å². The fraction of sp³-hybridized carbons (Fsp3) is 0.667. The molecule has 0 aromatic heterocycles. The molecule has 1 unspecified atom stereocenters. The molecule has 118 valence electrons. The first-order valence-corrected chi connectivity index (χ1v) is 8.63. The van der Waals surface area contributed by atoms with E-state index in [9.17, 15) is 4.39 Å². The summed E-state index contributed by atoms with van der Waals surface area (Å²) in [7, 11) is 0. The van der Waals surface area contributed by atoms with Crippen LogP contribution in [0.1, 0.15) is 57.9 Å². The molecule has 21 heavy (non-hydrogen) atoms. The van der Waals surface area contributed by atoms with Crippen molar-refractivity contribution in [1.29, 1.82) is 0 Å². The van der Waals surface area contributed by atoms with Crippen LogP contribution < -0.4 is 5.32 Å². The van der Waals surface area contributed by atoms with Gasteiger partial charge in [0.15, 0.2) is 0 Å². The summed E-state index contributed by atoms with van der Waals surface area (Å²) in [5.74, 6) is -0.327. The summed E-state index contributed by atoms with van der Waals surface area (Å²) in [6.07, 6.45) is 8.43. The molecule has 1 N–H and O–H groups in total. The highest BCUT2D eigenvalue weighted by Gasteiger charge is 2.31. The van der Waals surface area contributed by atoms with E-state index in [4.69, 9.17) is 11.6 Å². The molecule has 0 saturated heterocycles. The maximum absolute atomic E-state index is 13.3. The van der Waals surface area contributed by atoms with Crippen LogP contribution in [0, 0.1) is 11.2 Å². The van der Waals surface area contributed by atoms with E-state index in [1.165, 1.54) is 38.2 Å². The van der Waals surface area contributed by atoms with E-state index in [1.807, 2.05) is 6.07 Å². The van der Waals surface area contributed by atoms with Crippen molar-refractivity contribution in [3.8, 4) is 0 Å². The topological polar surface area (TPSA) is 12.0 Å². The molecule has 1 atom stereocenters. The molecule has 0 heterocycles. The Balaban J connectivity index is 2.09. The van der Waals surface area contributed by atoms with Gasteiger partial charge in [-0.3, -0.25) is 0 Å². The van der Waals surface area contributed by atoms with Crippen LogP contribution in [0.15, 0.2) is 18.2 Å². The van der Waals surface area contributed by atoms with E-state index >= 15 is 0 Å². The Morgan fingerprint density at radius 2 is 2.10 bits per heavy atom. The van der Waals surface area contributed by atoms with E-state index in [2.05, 4.69) is 19.2 Å². The van der Waals surface area contributed by atoms with Crippen LogP contribution in [-0.2, 0) is 6.42 Å². The largest absolute Gasteiger partial charge is 0.313 e. The summed E-state index contributed by atoms with van der Waals surface area (Å²) in [5, 5.41) is 3.94. The Bertz CT molecular complexity index is 459. The molecular weight excluding hydrogens is 285 g/mol. The Morgan fingerprint density at radius 3 is 2.67 bits per heavy atom. The minimum Gasteiger partial charge on any atom is -0.313 e. The van der Waals surface area contributed by atoms with Crippen LogP contribution in [-0.4, -0.2) is 12.6 Å². The van der Waals surface area contributed by atoms with Crippen LogP contribution in [0.4, 0.5) is 4.39 Å². The van der Waals surface area contributed by atoms with Gasteiger partial charge < -0.3 is 5.32 Å². The number of hydrogen-bond donors (Lipinski definition) is 1. The zero-order chi connectivity index (χ0) is 15.3. The highest BCUT2D eigenvalue weighted by Crippen LogP contribution is 2.34. The van der Waals surface area contributed by atoms with Gasteiger partial charge in [0.1, 0.15) is 5.82 Å². The van der Waals surface area contributed by atoms with Crippen LogP contribution in [0.25, 0.3) is 0 Å². The lowest BCUT2D eigenvalue weighted by atomic mass is 9.75. The summed E-state index contributed by atoms with van der Waals surface area (Å²) in [5.41, 5.74) is 1.41. The predicted molar refractivity (Wildman–Crippen MR) is 88.4 cm³/mol. The Hall–Kier alpha value is -0.600. The summed E-state index contributed by atoms with van der Waals surface area (Å²) >= 11 is 5.94. The highest BCUT2D eigenvalue weighted by molar-refractivity contribution is 6.30. The van der Waals surface area contributed by atoms with Crippen molar-refractivity contribution >= 4 is 11.6 Å². The second kappa shape index (κ2) is 7.60. The van der Waals surface area contributed by atoms with E-state index in [0.29, 0.717) is 0 Å². The SMILES string of the molecule is CCCCC(CC)(CNC1CC1)Cc1ccc(F)c(Cl)c1. The molecule has 1 aliphatic carbocycles. The Morgan fingerprint density at radius 1 is 1.33 bits per heavy atom. The monoisotopic (exact) mass is 311 g/mol. The normalized spacial score (nSPS) is 17.7. The quantitative estimate of drug-likeness (QED) is 0.647. The second-order valence-corrected chi connectivity index (χ2v) is 6.94. The number of halogens is 2. The van der Waals surface area contributed by atoms with E-state index in [0.717, 1.165) is 31.0 Å². The summed E-state index contributed by atoms with van der Waals surface area (Å²) in [6, 6.07) is 5.90. The molecule has 2 rings (SSSR count). The van der Waals surface area contributed by atoms with Crippen molar-refractivity contribution in [2.24, 2.45) is 5.41 Å². The molecule has 3 heteroatoms. The molecular formula is C18H27ClFN. The van der Waals surface area contributed by atoms with Crippen molar-refractivity contribution in [2.45, 2.75) is 64.8 Å². The zero-order valence-corrected chi connectivity index (χ0v) is 14.0. The number of unbranched alkanes of at least 4 members (excludes halogenated alkanes) is 1. The fourth-order valence-corrected chi connectivity index (χ4v) is 3.15. The third-order valence-electron chi connectivity index (χ3n) is 4.72. The second-order valence-electron chi connectivity index (χ2n) is 6.54. The predicted octanol–water partition coefficient (Wildman–Crippen LogP) is 5.36. The van der Waals surface area contributed by atoms with Gasteiger partial charge in [0, 0.05) is 12.6 Å². The molecule has 1 nitrogen and oxygen atoms in total. The zero-order valence-electron chi connectivity index (χ0n) is 13.2. The molecule has 1 fully saturated rings. The van der Waals surface area contributed by atoms with Gasteiger partial charge in [0.2, 0.25) is 0 Å². The molecule has 1 aromatic rings. The molecule has 0 aliphatic heterocycles. The van der Waals surface area contributed by atoms with Crippen molar-refractivity contribution < 1.29 is 4.39 Å². The Labute approximate surface area is 133 Å². The smallest absolute Gasteiger partial charge is 0.141 e. The summed E-state index contributed by atoms with van der Waals surface area (Å²) in [6.45, 7) is 5.57. The minimum atomic E-state index is -0.327. The first kappa shape index (κ1) is 16.8. The van der Waals surface area contributed by atoms with E-state index in [-0.39, 0.29) is 16.3 Å². The Kier molecular flexibility index (Phi) is 6.07. The van der Waals surface area contributed by atoms with Crippen LogP contribution in [0.2, 0.25) is 5.02 Å². The van der Waals surface area contributed by atoms with Gasteiger partial charge >= 0.3 is 0 Å². The molecule has 0 bridgehead atoms. The summed E-state index contributed by atoms with van der Waals surface area (Å²) < 4.78 is 13.3. The molecule has 1 aliphatic rings. The van der Waals surface area contributed by atoms with Crippen LogP contribution in [0.5, 0.6) is 0 Å². The molecule has 0 radical (unpaired) electrons. The maximum atomic E-state index is 13.3. The maximum Gasteiger partial charge on any atom is 0.141 e. The van der Waals surface area contributed by atoms with Crippen molar-refractivity contribution in [3.05, 3.63) is 34.6 Å². The molecule has 0 amide bonds. The van der Waals surface area contributed by atoms with Gasteiger partial charge in [-0.15, -0.1) is 0 Å².